The van der Waals surface area contributed by atoms with Gasteiger partial charge in [0.1, 0.15) is 16.3 Å². The average Bonchev–Trinajstić information content (AvgIpc) is 3.26. The van der Waals surface area contributed by atoms with Gasteiger partial charge < -0.3 is 14.8 Å². The highest BCUT2D eigenvalue weighted by Gasteiger charge is 2.22. The van der Waals surface area contributed by atoms with E-state index in [4.69, 9.17) is 9.47 Å². The standard InChI is InChI=1S/C27H30BrNO4S/c1-4-18-9-12-20(13-10-18)21-17-34-26(25(21)27(31)32-6-3)29-24(30)8-7-15-33-23-14-11-19(5-2)16-22(23)28/h9-14,16-17H,4-8,15H2,1-3H3,(H,29,30). The summed E-state index contributed by atoms with van der Waals surface area (Å²) in [6.45, 7) is 6.66. The molecule has 3 rings (SSSR count). The summed E-state index contributed by atoms with van der Waals surface area (Å²) >= 11 is 4.86. The lowest BCUT2D eigenvalue weighted by atomic mass is 10.0. The molecule has 0 fully saturated rings. The number of carbonyl (C=O) groups excluding carboxylic acids is 2. The van der Waals surface area contributed by atoms with Crippen molar-refractivity contribution in [3.63, 3.8) is 0 Å². The van der Waals surface area contributed by atoms with E-state index in [0.717, 1.165) is 34.2 Å². The van der Waals surface area contributed by atoms with E-state index >= 15 is 0 Å². The molecule has 34 heavy (non-hydrogen) atoms. The number of halogens is 1. The fourth-order valence-electron chi connectivity index (χ4n) is 3.47. The van der Waals surface area contributed by atoms with E-state index in [0.29, 0.717) is 23.6 Å². The van der Waals surface area contributed by atoms with Crippen LogP contribution in [0.15, 0.2) is 52.3 Å². The van der Waals surface area contributed by atoms with Crippen molar-refractivity contribution in [2.45, 2.75) is 46.5 Å². The molecule has 1 aromatic heterocycles. The zero-order chi connectivity index (χ0) is 24.5. The van der Waals surface area contributed by atoms with Gasteiger partial charge in [0.25, 0.3) is 0 Å². The number of ether oxygens (including phenoxy) is 2. The van der Waals surface area contributed by atoms with E-state index in [-0.39, 0.29) is 18.9 Å². The summed E-state index contributed by atoms with van der Waals surface area (Å²) in [7, 11) is 0. The quantitative estimate of drug-likeness (QED) is 0.204. The van der Waals surface area contributed by atoms with Crippen LogP contribution in [0.25, 0.3) is 11.1 Å². The van der Waals surface area contributed by atoms with Crippen LogP contribution in [0.5, 0.6) is 5.75 Å². The third kappa shape index (κ3) is 6.70. The Morgan fingerprint density at radius 3 is 2.35 bits per heavy atom. The van der Waals surface area contributed by atoms with E-state index in [9.17, 15) is 9.59 Å². The van der Waals surface area contributed by atoms with Gasteiger partial charge in [-0.15, -0.1) is 11.3 Å². The van der Waals surface area contributed by atoms with Crippen molar-refractivity contribution in [3.05, 3.63) is 69.0 Å². The van der Waals surface area contributed by atoms with Crippen molar-refractivity contribution in [2.75, 3.05) is 18.5 Å². The predicted octanol–water partition coefficient (Wildman–Crippen LogP) is 7.28. The Balaban J connectivity index is 1.64. The Morgan fingerprint density at radius 2 is 1.71 bits per heavy atom. The van der Waals surface area contributed by atoms with Crippen LogP contribution in [-0.4, -0.2) is 25.1 Å². The van der Waals surface area contributed by atoms with Crippen molar-refractivity contribution >= 4 is 44.1 Å². The summed E-state index contributed by atoms with van der Waals surface area (Å²) in [6, 6.07) is 14.1. The molecule has 0 saturated carbocycles. The Labute approximate surface area is 213 Å². The number of nitrogens with one attached hydrogen (secondary N) is 1. The number of hydrogen-bond acceptors (Lipinski definition) is 5. The molecule has 7 heteroatoms. The highest BCUT2D eigenvalue weighted by atomic mass is 79.9. The van der Waals surface area contributed by atoms with Crippen molar-refractivity contribution in [1.82, 2.24) is 0 Å². The van der Waals surface area contributed by atoms with Gasteiger partial charge >= 0.3 is 5.97 Å². The molecule has 0 radical (unpaired) electrons. The van der Waals surface area contributed by atoms with E-state index < -0.39 is 5.97 Å². The second kappa shape index (κ2) is 12.7. The number of rotatable bonds is 11. The lowest BCUT2D eigenvalue weighted by Gasteiger charge is -2.10. The number of aryl methyl sites for hydroxylation is 2. The van der Waals surface area contributed by atoms with Crippen LogP contribution in [-0.2, 0) is 22.4 Å². The molecule has 3 aromatic rings. The molecule has 0 saturated heterocycles. The van der Waals surface area contributed by atoms with Crippen LogP contribution in [0.2, 0.25) is 0 Å². The normalized spacial score (nSPS) is 10.7. The molecular formula is C27H30BrNO4S. The molecule has 0 spiro atoms. The van der Waals surface area contributed by atoms with Gasteiger partial charge in [-0.05, 0) is 70.9 Å². The summed E-state index contributed by atoms with van der Waals surface area (Å²) in [5.41, 5.74) is 4.55. The molecule has 0 bridgehead atoms. The predicted molar refractivity (Wildman–Crippen MR) is 142 cm³/mol. The number of anilines is 1. The van der Waals surface area contributed by atoms with Crippen LogP contribution < -0.4 is 10.1 Å². The lowest BCUT2D eigenvalue weighted by molar-refractivity contribution is -0.116. The van der Waals surface area contributed by atoms with Gasteiger partial charge in [0, 0.05) is 17.4 Å². The first kappa shape index (κ1) is 26.0. The first-order valence-corrected chi connectivity index (χ1v) is 13.2. The molecular weight excluding hydrogens is 514 g/mol. The van der Waals surface area contributed by atoms with E-state index in [1.165, 1.54) is 22.5 Å². The summed E-state index contributed by atoms with van der Waals surface area (Å²) in [6.07, 6.45) is 2.74. The molecule has 5 nitrogen and oxygen atoms in total. The zero-order valence-corrected chi connectivity index (χ0v) is 22.2. The molecule has 0 atom stereocenters. The van der Waals surface area contributed by atoms with Crippen molar-refractivity contribution in [1.29, 1.82) is 0 Å². The maximum atomic E-state index is 12.7. The smallest absolute Gasteiger partial charge is 0.341 e. The first-order chi connectivity index (χ1) is 16.5. The Hall–Kier alpha value is -2.64. The molecule has 1 amide bonds. The number of benzene rings is 2. The highest BCUT2D eigenvalue weighted by Crippen LogP contribution is 2.36. The van der Waals surface area contributed by atoms with Gasteiger partial charge in [0.2, 0.25) is 5.91 Å². The SMILES string of the molecule is CCOC(=O)c1c(-c2ccc(CC)cc2)csc1NC(=O)CCCOc1ccc(CC)cc1Br. The molecule has 1 heterocycles. The third-order valence-corrected chi connectivity index (χ3v) is 6.92. The van der Waals surface area contributed by atoms with Gasteiger partial charge in [-0.2, -0.15) is 0 Å². The second-order valence-electron chi connectivity index (χ2n) is 7.74. The Kier molecular flexibility index (Phi) is 9.72. The van der Waals surface area contributed by atoms with Crippen LogP contribution in [0, 0.1) is 0 Å². The lowest BCUT2D eigenvalue weighted by Crippen LogP contribution is -2.15. The number of amides is 1. The maximum Gasteiger partial charge on any atom is 0.341 e. The number of hydrogen-bond donors (Lipinski definition) is 1. The van der Waals surface area contributed by atoms with Crippen molar-refractivity contribution in [3.8, 4) is 16.9 Å². The van der Waals surface area contributed by atoms with E-state index in [1.807, 2.05) is 47.8 Å². The Morgan fingerprint density at radius 1 is 1.00 bits per heavy atom. The number of esters is 1. The third-order valence-electron chi connectivity index (χ3n) is 5.41. The van der Waals surface area contributed by atoms with Gasteiger partial charge in [-0.3, -0.25) is 4.79 Å². The van der Waals surface area contributed by atoms with Crippen molar-refractivity contribution in [2.24, 2.45) is 0 Å². The molecule has 0 aliphatic carbocycles. The van der Waals surface area contributed by atoms with Gasteiger partial charge in [-0.25, -0.2) is 4.79 Å². The van der Waals surface area contributed by atoms with Crippen LogP contribution >= 0.6 is 27.3 Å². The fourth-order valence-corrected chi connectivity index (χ4v) is 4.99. The maximum absolute atomic E-state index is 12.7. The molecule has 0 aliphatic rings. The van der Waals surface area contributed by atoms with Crippen molar-refractivity contribution < 1.29 is 19.1 Å². The zero-order valence-electron chi connectivity index (χ0n) is 19.8. The monoisotopic (exact) mass is 543 g/mol. The minimum absolute atomic E-state index is 0.163. The highest BCUT2D eigenvalue weighted by molar-refractivity contribution is 9.10. The van der Waals surface area contributed by atoms with Gasteiger partial charge in [0.15, 0.2) is 0 Å². The minimum Gasteiger partial charge on any atom is -0.492 e. The van der Waals surface area contributed by atoms with E-state index in [2.05, 4.69) is 35.1 Å². The minimum atomic E-state index is -0.433. The summed E-state index contributed by atoms with van der Waals surface area (Å²) in [5.74, 6) is 0.167. The molecule has 2 aromatic carbocycles. The van der Waals surface area contributed by atoms with Crippen LogP contribution in [0.4, 0.5) is 5.00 Å². The number of carbonyl (C=O) groups is 2. The molecule has 180 valence electrons. The Bertz CT molecular complexity index is 1120. The first-order valence-electron chi connectivity index (χ1n) is 11.6. The van der Waals surface area contributed by atoms with Gasteiger partial charge in [-0.1, -0.05) is 44.2 Å². The average molecular weight is 545 g/mol. The van der Waals surface area contributed by atoms with E-state index in [1.54, 1.807) is 6.92 Å². The van der Waals surface area contributed by atoms with Gasteiger partial charge in [0.05, 0.1) is 17.7 Å². The van der Waals surface area contributed by atoms with Crippen LogP contribution in [0.1, 0.15) is 55.1 Å². The summed E-state index contributed by atoms with van der Waals surface area (Å²) < 4.78 is 12.0. The summed E-state index contributed by atoms with van der Waals surface area (Å²) in [5, 5.41) is 5.30. The molecule has 0 unspecified atom stereocenters. The topological polar surface area (TPSA) is 64.6 Å². The summed E-state index contributed by atoms with van der Waals surface area (Å²) in [4.78, 5) is 25.3. The fraction of sp³-hybridized carbons (Fsp3) is 0.333. The molecule has 1 N–H and O–H groups in total. The second-order valence-corrected chi connectivity index (χ2v) is 9.48. The molecule has 0 aliphatic heterocycles. The largest absolute Gasteiger partial charge is 0.492 e. The van der Waals surface area contributed by atoms with Crippen LogP contribution in [0.3, 0.4) is 0 Å². The number of thiophene rings is 1.